The molecule has 2 saturated heterocycles. The predicted octanol–water partition coefficient (Wildman–Crippen LogP) is 3.55. The first-order valence-corrected chi connectivity index (χ1v) is 11.1. The number of hydrogen-bond acceptors (Lipinski definition) is 3. The van der Waals surface area contributed by atoms with E-state index in [4.69, 9.17) is 4.99 Å². The summed E-state index contributed by atoms with van der Waals surface area (Å²) in [6.45, 7) is 14.5. The zero-order chi connectivity index (χ0) is 18.8. The number of aliphatic imine (C=N–C) groups is 1. The van der Waals surface area contributed by atoms with Crippen LogP contribution >= 0.6 is 24.0 Å². The van der Waals surface area contributed by atoms with Crippen LogP contribution in [0.25, 0.3) is 0 Å². The lowest BCUT2D eigenvalue weighted by atomic mass is 9.84. The maximum absolute atomic E-state index is 5.08. The number of hydrogen-bond donors (Lipinski definition) is 2. The van der Waals surface area contributed by atoms with Gasteiger partial charge in [-0.25, -0.2) is 0 Å². The number of nitrogens with zero attached hydrogens (tertiary/aromatic N) is 3. The van der Waals surface area contributed by atoms with Crippen LogP contribution in [0.2, 0.25) is 0 Å². The molecule has 0 radical (unpaired) electrons. The van der Waals surface area contributed by atoms with E-state index in [1.807, 2.05) is 0 Å². The first kappa shape index (κ1) is 25.0. The molecule has 27 heavy (non-hydrogen) atoms. The normalized spacial score (nSPS) is 21.7. The third-order valence-electron chi connectivity index (χ3n) is 6.53. The second-order valence-electron chi connectivity index (χ2n) is 8.33. The fourth-order valence-corrected chi connectivity index (χ4v) is 4.36. The van der Waals surface area contributed by atoms with Crippen molar-refractivity contribution in [3.8, 4) is 0 Å². The van der Waals surface area contributed by atoms with Gasteiger partial charge in [0.25, 0.3) is 0 Å². The highest BCUT2D eigenvalue weighted by atomic mass is 127. The Labute approximate surface area is 185 Å². The molecule has 0 aromatic carbocycles. The summed E-state index contributed by atoms with van der Waals surface area (Å²) in [5.74, 6) is 1.74. The topological polar surface area (TPSA) is 42.9 Å². The number of halogens is 1. The van der Waals surface area contributed by atoms with Crippen molar-refractivity contribution >= 4 is 29.9 Å². The van der Waals surface area contributed by atoms with Gasteiger partial charge in [-0.15, -0.1) is 24.0 Å². The van der Waals surface area contributed by atoms with Crippen LogP contribution in [0.15, 0.2) is 4.99 Å². The fourth-order valence-electron chi connectivity index (χ4n) is 4.36. The van der Waals surface area contributed by atoms with E-state index in [0.29, 0.717) is 0 Å². The van der Waals surface area contributed by atoms with E-state index in [9.17, 15) is 0 Å². The Bertz CT molecular complexity index is 411. The van der Waals surface area contributed by atoms with Gasteiger partial charge in [0.15, 0.2) is 5.96 Å². The maximum Gasteiger partial charge on any atom is 0.191 e. The molecule has 0 spiro atoms. The molecule has 0 atom stereocenters. The largest absolute Gasteiger partial charge is 0.357 e. The molecular weight excluding hydrogens is 449 g/mol. The van der Waals surface area contributed by atoms with Crippen molar-refractivity contribution in [2.24, 2.45) is 10.9 Å². The molecule has 2 aliphatic rings. The first-order valence-electron chi connectivity index (χ1n) is 11.1. The van der Waals surface area contributed by atoms with Gasteiger partial charge in [-0.3, -0.25) is 9.89 Å². The van der Waals surface area contributed by atoms with Gasteiger partial charge in [0.2, 0.25) is 0 Å². The van der Waals surface area contributed by atoms with E-state index in [-0.39, 0.29) is 29.5 Å². The van der Waals surface area contributed by atoms with Gasteiger partial charge < -0.3 is 15.5 Å². The van der Waals surface area contributed by atoms with Crippen molar-refractivity contribution in [3.63, 3.8) is 0 Å². The third-order valence-corrected chi connectivity index (χ3v) is 6.53. The lowest BCUT2D eigenvalue weighted by Gasteiger charge is -2.49. The maximum atomic E-state index is 5.08. The van der Waals surface area contributed by atoms with Crippen LogP contribution < -0.4 is 10.6 Å². The second-order valence-corrected chi connectivity index (χ2v) is 8.33. The molecule has 2 heterocycles. The Morgan fingerprint density at radius 2 is 1.59 bits per heavy atom. The summed E-state index contributed by atoms with van der Waals surface area (Å²) in [6, 6.07) is 0. The zero-order valence-electron chi connectivity index (χ0n) is 18.2. The second kappa shape index (κ2) is 13.2. The summed E-state index contributed by atoms with van der Waals surface area (Å²) < 4.78 is 0. The van der Waals surface area contributed by atoms with E-state index in [0.717, 1.165) is 31.5 Å². The van der Waals surface area contributed by atoms with Crippen LogP contribution in [-0.2, 0) is 0 Å². The summed E-state index contributed by atoms with van der Waals surface area (Å²) in [6.07, 6.45) is 9.07. The van der Waals surface area contributed by atoms with E-state index >= 15 is 0 Å². The van der Waals surface area contributed by atoms with Gasteiger partial charge in [-0.2, -0.15) is 0 Å². The summed E-state index contributed by atoms with van der Waals surface area (Å²) >= 11 is 0. The molecule has 2 rings (SSSR count). The molecule has 0 bridgehead atoms. The van der Waals surface area contributed by atoms with Gasteiger partial charge >= 0.3 is 0 Å². The lowest BCUT2D eigenvalue weighted by molar-refractivity contribution is 0.0208. The average molecular weight is 494 g/mol. The molecule has 0 aliphatic carbocycles. The van der Waals surface area contributed by atoms with Crippen molar-refractivity contribution in [2.75, 3.05) is 52.9 Å². The van der Waals surface area contributed by atoms with Gasteiger partial charge in [0, 0.05) is 18.6 Å². The van der Waals surface area contributed by atoms with Crippen LogP contribution in [0.5, 0.6) is 0 Å². The molecule has 0 aromatic rings. The van der Waals surface area contributed by atoms with Crippen LogP contribution in [0, 0.1) is 5.92 Å². The summed E-state index contributed by atoms with van der Waals surface area (Å²) in [4.78, 5) is 10.3. The van der Waals surface area contributed by atoms with E-state index in [1.165, 1.54) is 71.1 Å². The Morgan fingerprint density at radius 3 is 2.15 bits per heavy atom. The quantitative estimate of drug-likeness (QED) is 0.309. The van der Waals surface area contributed by atoms with Crippen LogP contribution in [0.4, 0.5) is 0 Å². The van der Waals surface area contributed by atoms with Gasteiger partial charge in [-0.1, -0.05) is 33.1 Å². The minimum absolute atomic E-state index is 0. The highest BCUT2D eigenvalue weighted by Crippen LogP contribution is 2.31. The smallest absolute Gasteiger partial charge is 0.191 e. The Balaban J connectivity index is 0.00000364. The van der Waals surface area contributed by atoms with Crippen LogP contribution in [-0.4, -0.2) is 74.2 Å². The molecule has 2 N–H and O–H groups in total. The summed E-state index contributed by atoms with van der Waals surface area (Å²) in [5, 5.41) is 7.07. The van der Waals surface area contributed by atoms with Gasteiger partial charge in [0.1, 0.15) is 0 Å². The molecule has 2 fully saturated rings. The number of likely N-dealkylation sites (tertiary alicyclic amines) is 2. The lowest BCUT2D eigenvalue weighted by Crippen LogP contribution is -2.58. The third kappa shape index (κ3) is 7.69. The average Bonchev–Trinajstić information content (AvgIpc) is 2.69. The van der Waals surface area contributed by atoms with E-state index < -0.39 is 0 Å². The molecule has 2 aliphatic heterocycles. The monoisotopic (exact) mass is 493 g/mol. The standard InChI is InChI=1S/C21H43N5.HI/c1-5-19(6-2)17-23-20(22-7-3)24-18-21(11-15-25(4)16-12-21)26-13-9-8-10-14-26;/h19H,5-18H2,1-4H3,(H2,22,23,24);1H. The van der Waals surface area contributed by atoms with Gasteiger partial charge in [-0.05, 0) is 71.8 Å². The zero-order valence-corrected chi connectivity index (χ0v) is 20.6. The predicted molar refractivity (Wildman–Crippen MR) is 128 cm³/mol. The van der Waals surface area contributed by atoms with Crippen molar-refractivity contribution < 1.29 is 0 Å². The summed E-state index contributed by atoms with van der Waals surface area (Å²) in [7, 11) is 2.25. The summed E-state index contributed by atoms with van der Waals surface area (Å²) in [5.41, 5.74) is 0.268. The highest BCUT2D eigenvalue weighted by Gasteiger charge is 2.39. The molecule has 0 saturated carbocycles. The van der Waals surface area contributed by atoms with Crippen LogP contribution in [0.1, 0.15) is 65.7 Å². The van der Waals surface area contributed by atoms with Crippen LogP contribution in [0.3, 0.4) is 0 Å². The number of nitrogens with one attached hydrogen (secondary N) is 2. The fraction of sp³-hybridized carbons (Fsp3) is 0.952. The minimum Gasteiger partial charge on any atom is -0.357 e. The molecule has 6 heteroatoms. The molecule has 0 aromatic heterocycles. The van der Waals surface area contributed by atoms with Crippen molar-refractivity contribution in [2.45, 2.75) is 71.3 Å². The number of piperidine rings is 2. The molecule has 0 amide bonds. The molecule has 160 valence electrons. The van der Waals surface area contributed by atoms with E-state index in [2.05, 4.69) is 48.3 Å². The molecular formula is C21H44IN5. The van der Waals surface area contributed by atoms with Crippen molar-refractivity contribution in [1.29, 1.82) is 0 Å². The van der Waals surface area contributed by atoms with Crippen molar-refractivity contribution in [3.05, 3.63) is 0 Å². The Hall–Kier alpha value is -0.0800. The Kier molecular flexibility index (Phi) is 12.2. The highest BCUT2D eigenvalue weighted by molar-refractivity contribution is 14.0. The van der Waals surface area contributed by atoms with Crippen molar-refractivity contribution in [1.82, 2.24) is 20.4 Å². The SMILES string of the molecule is CCNC(=NCC1(N2CCCCC2)CCN(C)CC1)NCC(CC)CC.I. The molecule has 0 unspecified atom stereocenters. The van der Waals surface area contributed by atoms with E-state index in [1.54, 1.807) is 0 Å². The Morgan fingerprint density at radius 1 is 0.963 bits per heavy atom. The van der Waals surface area contributed by atoms with Gasteiger partial charge in [0.05, 0.1) is 6.54 Å². The first-order chi connectivity index (χ1) is 12.6. The molecule has 5 nitrogen and oxygen atoms in total. The number of guanidine groups is 1. The number of rotatable bonds is 8. The minimum atomic E-state index is 0.